The third-order valence-electron chi connectivity index (χ3n) is 5.43. The Labute approximate surface area is 170 Å². The zero-order chi connectivity index (χ0) is 19.7. The van der Waals surface area contributed by atoms with Crippen molar-refractivity contribution in [3.8, 4) is 0 Å². The van der Waals surface area contributed by atoms with Gasteiger partial charge in [0.15, 0.2) is 0 Å². The lowest BCUT2D eigenvalue weighted by Crippen LogP contribution is -2.45. The number of carbonyl (C=O) groups excluding carboxylic acids is 1. The fourth-order valence-corrected chi connectivity index (χ4v) is 5.19. The van der Waals surface area contributed by atoms with E-state index in [9.17, 15) is 14.4 Å². The van der Waals surface area contributed by atoms with Gasteiger partial charge in [0.1, 0.15) is 11.2 Å². The third kappa shape index (κ3) is 3.71. The van der Waals surface area contributed by atoms with Crippen molar-refractivity contribution in [2.24, 2.45) is 5.92 Å². The van der Waals surface area contributed by atoms with Crippen LogP contribution in [0.2, 0.25) is 0 Å². The monoisotopic (exact) mass is 417 g/mol. The molecule has 3 aromatic heterocycles. The smallest absolute Gasteiger partial charge is 0.332 e. The average molecular weight is 418 g/mol. The fourth-order valence-electron chi connectivity index (χ4n) is 3.65. The molecule has 8 heteroatoms. The fraction of sp³-hybridized carbons (Fsp3) is 0.450. The Morgan fingerprint density at radius 2 is 1.89 bits per heavy atom. The van der Waals surface area contributed by atoms with E-state index in [2.05, 4.69) is 6.92 Å². The number of thiophene rings is 2. The van der Waals surface area contributed by atoms with E-state index in [4.69, 9.17) is 0 Å². The van der Waals surface area contributed by atoms with Crippen LogP contribution in [0.25, 0.3) is 10.2 Å². The zero-order valence-corrected chi connectivity index (χ0v) is 17.4. The van der Waals surface area contributed by atoms with Crippen molar-refractivity contribution < 1.29 is 4.79 Å². The second-order valence-corrected chi connectivity index (χ2v) is 9.30. The largest absolute Gasteiger partial charge is 0.341 e. The van der Waals surface area contributed by atoms with Crippen molar-refractivity contribution in [1.29, 1.82) is 0 Å². The van der Waals surface area contributed by atoms with Crippen molar-refractivity contribution in [3.63, 3.8) is 0 Å². The summed E-state index contributed by atoms with van der Waals surface area (Å²) in [5.74, 6) is 0.583. The average Bonchev–Trinajstić information content (AvgIpc) is 3.37. The highest BCUT2D eigenvalue weighted by Gasteiger charge is 2.23. The van der Waals surface area contributed by atoms with Gasteiger partial charge in [0.25, 0.3) is 5.56 Å². The lowest BCUT2D eigenvalue weighted by Gasteiger charge is -2.30. The van der Waals surface area contributed by atoms with E-state index in [-0.39, 0.29) is 18.0 Å². The molecule has 3 aromatic rings. The van der Waals surface area contributed by atoms with E-state index in [0.717, 1.165) is 30.8 Å². The Morgan fingerprint density at radius 3 is 2.61 bits per heavy atom. The van der Waals surface area contributed by atoms with E-state index in [1.165, 1.54) is 20.5 Å². The number of carbonyl (C=O) groups is 1. The molecule has 4 heterocycles. The molecule has 0 N–H and O–H groups in total. The van der Waals surface area contributed by atoms with Crippen LogP contribution in [-0.2, 0) is 24.3 Å². The van der Waals surface area contributed by atoms with E-state index >= 15 is 0 Å². The van der Waals surface area contributed by atoms with E-state index in [1.54, 1.807) is 22.8 Å². The van der Waals surface area contributed by atoms with Crippen LogP contribution in [0.3, 0.4) is 0 Å². The van der Waals surface area contributed by atoms with Gasteiger partial charge < -0.3 is 4.90 Å². The van der Waals surface area contributed by atoms with Crippen LogP contribution >= 0.6 is 22.7 Å². The molecule has 4 rings (SSSR count). The van der Waals surface area contributed by atoms with Crippen molar-refractivity contribution >= 4 is 38.8 Å². The molecule has 1 saturated heterocycles. The second kappa shape index (κ2) is 8.05. The highest BCUT2D eigenvalue weighted by molar-refractivity contribution is 7.17. The number of amides is 1. The summed E-state index contributed by atoms with van der Waals surface area (Å²) in [6, 6.07) is 5.72. The number of hydrogen-bond donors (Lipinski definition) is 0. The van der Waals surface area contributed by atoms with Crippen LogP contribution in [0.5, 0.6) is 0 Å². The molecule has 28 heavy (non-hydrogen) atoms. The predicted molar refractivity (Wildman–Crippen MR) is 113 cm³/mol. The van der Waals surface area contributed by atoms with E-state index in [1.807, 2.05) is 22.4 Å². The summed E-state index contributed by atoms with van der Waals surface area (Å²) in [5, 5.41) is 3.79. The molecular weight excluding hydrogens is 394 g/mol. The van der Waals surface area contributed by atoms with Gasteiger partial charge in [-0.3, -0.25) is 18.7 Å². The maximum absolute atomic E-state index is 13.1. The zero-order valence-electron chi connectivity index (χ0n) is 15.8. The van der Waals surface area contributed by atoms with Crippen molar-refractivity contribution in [1.82, 2.24) is 14.0 Å². The Hall–Kier alpha value is -2.19. The molecule has 1 aliphatic rings. The Bertz CT molecular complexity index is 1090. The predicted octanol–water partition coefficient (Wildman–Crippen LogP) is 2.79. The summed E-state index contributed by atoms with van der Waals surface area (Å²) in [7, 11) is 0. The molecule has 0 atom stereocenters. The number of piperidine rings is 1. The van der Waals surface area contributed by atoms with Gasteiger partial charge in [0.2, 0.25) is 5.91 Å². The van der Waals surface area contributed by atoms with Crippen LogP contribution < -0.4 is 11.2 Å². The summed E-state index contributed by atoms with van der Waals surface area (Å²) < 4.78 is 3.29. The van der Waals surface area contributed by atoms with Crippen molar-refractivity contribution in [2.45, 2.75) is 39.3 Å². The minimum Gasteiger partial charge on any atom is -0.341 e. The SMILES string of the molecule is CC1CCN(C(=O)Cn2c(=O)n(CCc3cccs3)c(=O)c3sccc32)CC1. The van der Waals surface area contributed by atoms with Crippen LogP contribution in [-0.4, -0.2) is 33.0 Å². The van der Waals surface area contributed by atoms with Crippen molar-refractivity contribution in [3.05, 3.63) is 54.7 Å². The Morgan fingerprint density at radius 1 is 1.11 bits per heavy atom. The highest BCUT2D eigenvalue weighted by atomic mass is 32.1. The van der Waals surface area contributed by atoms with Gasteiger partial charge in [0, 0.05) is 24.5 Å². The first-order chi connectivity index (χ1) is 13.5. The number of likely N-dealkylation sites (tertiary alicyclic amines) is 1. The molecular formula is C20H23N3O3S2. The van der Waals surface area contributed by atoms with Gasteiger partial charge in [-0.15, -0.1) is 22.7 Å². The number of hydrogen-bond acceptors (Lipinski definition) is 5. The minimum absolute atomic E-state index is 0.0142. The summed E-state index contributed by atoms with van der Waals surface area (Å²) in [5.41, 5.74) is -0.0978. The van der Waals surface area contributed by atoms with Crippen LogP contribution in [0.1, 0.15) is 24.6 Å². The van der Waals surface area contributed by atoms with Crippen LogP contribution in [0, 0.1) is 5.92 Å². The maximum Gasteiger partial charge on any atom is 0.332 e. The van der Waals surface area contributed by atoms with Crippen LogP contribution in [0.15, 0.2) is 38.5 Å². The molecule has 148 valence electrons. The van der Waals surface area contributed by atoms with Crippen molar-refractivity contribution in [2.75, 3.05) is 13.1 Å². The summed E-state index contributed by atoms with van der Waals surface area (Å²) in [4.78, 5) is 41.7. The number of aromatic nitrogens is 2. The first-order valence-electron chi connectivity index (χ1n) is 9.55. The molecule has 0 aromatic carbocycles. The van der Waals surface area contributed by atoms with Gasteiger partial charge in [-0.05, 0) is 48.1 Å². The molecule has 0 unspecified atom stereocenters. The van der Waals surface area contributed by atoms with E-state index < -0.39 is 5.69 Å². The standard InChI is InChI=1S/C20H23N3O3S2/c1-14-4-8-21(9-5-14)17(24)13-23-16-7-12-28-18(16)19(25)22(20(23)26)10-6-15-3-2-11-27-15/h2-3,7,11-12,14H,4-6,8-10,13H2,1H3. The number of aryl methyl sites for hydroxylation is 1. The van der Waals surface area contributed by atoms with Gasteiger partial charge in [0.05, 0.1) is 5.52 Å². The van der Waals surface area contributed by atoms with Gasteiger partial charge in [-0.2, -0.15) is 0 Å². The summed E-state index contributed by atoms with van der Waals surface area (Å²) in [6.45, 7) is 3.98. The lowest BCUT2D eigenvalue weighted by molar-refractivity contribution is -0.133. The van der Waals surface area contributed by atoms with Gasteiger partial charge in [-0.25, -0.2) is 4.79 Å². The molecule has 0 spiro atoms. The molecule has 0 radical (unpaired) electrons. The van der Waals surface area contributed by atoms with Crippen LogP contribution in [0.4, 0.5) is 0 Å². The highest BCUT2D eigenvalue weighted by Crippen LogP contribution is 2.18. The van der Waals surface area contributed by atoms with Gasteiger partial charge in [-0.1, -0.05) is 13.0 Å². The topological polar surface area (TPSA) is 64.3 Å². The Kier molecular flexibility index (Phi) is 5.50. The number of fused-ring (bicyclic) bond motifs is 1. The van der Waals surface area contributed by atoms with E-state index in [0.29, 0.717) is 29.1 Å². The molecule has 1 fully saturated rings. The maximum atomic E-state index is 13.1. The molecule has 0 bridgehead atoms. The second-order valence-electron chi connectivity index (χ2n) is 7.35. The Balaban J connectivity index is 1.65. The first kappa shape index (κ1) is 19.1. The first-order valence-corrected chi connectivity index (χ1v) is 11.3. The molecule has 0 aliphatic carbocycles. The minimum atomic E-state index is -0.397. The number of rotatable bonds is 5. The molecule has 1 aliphatic heterocycles. The molecule has 1 amide bonds. The number of nitrogens with zero attached hydrogens (tertiary/aromatic N) is 3. The normalized spacial score (nSPS) is 15.4. The molecule has 6 nitrogen and oxygen atoms in total. The summed E-state index contributed by atoms with van der Waals surface area (Å²) >= 11 is 2.93. The third-order valence-corrected chi connectivity index (χ3v) is 7.26. The molecule has 0 saturated carbocycles. The lowest BCUT2D eigenvalue weighted by atomic mass is 9.99. The summed E-state index contributed by atoms with van der Waals surface area (Å²) in [6.07, 6.45) is 2.62. The quantitative estimate of drug-likeness (QED) is 0.641. The van der Waals surface area contributed by atoms with Gasteiger partial charge >= 0.3 is 5.69 Å².